The van der Waals surface area contributed by atoms with Crippen molar-refractivity contribution in [1.82, 2.24) is 15.0 Å². The van der Waals surface area contributed by atoms with Crippen LogP contribution < -0.4 is 14.2 Å². The highest BCUT2D eigenvalue weighted by Crippen LogP contribution is 2.29. The molecular weight excluding hydrogens is 318 g/mol. The molecule has 0 saturated heterocycles. The van der Waals surface area contributed by atoms with Crippen molar-refractivity contribution in [1.29, 1.82) is 0 Å². The molecule has 25 heavy (non-hydrogen) atoms. The van der Waals surface area contributed by atoms with Crippen LogP contribution in [0.4, 0.5) is 0 Å². The average Bonchev–Trinajstić information content (AvgIpc) is 2.68. The summed E-state index contributed by atoms with van der Waals surface area (Å²) in [6.45, 7) is 2.82. The van der Waals surface area contributed by atoms with E-state index in [9.17, 15) is 0 Å². The molecule has 0 amide bonds. The summed E-state index contributed by atoms with van der Waals surface area (Å²) in [5.41, 5.74) is 1.79. The molecule has 1 aromatic carbocycles. The summed E-state index contributed by atoms with van der Waals surface area (Å²) < 4.78 is 16.6. The van der Waals surface area contributed by atoms with E-state index in [-0.39, 0.29) is 0 Å². The van der Waals surface area contributed by atoms with E-state index in [1.54, 1.807) is 31.8 Å². The minimum Gasteiger partial charge on any atom is -0.497 e. The molecule has 6 nitrogen and oxygen atoms in total. The molecule has 6 heteroatoms. The lowest BCUT2D eigenvalue weighted by molar-refractivity contribution is 0.259. The van der Waals surface area contributed by atoms with E-state index >= 15 is 0 Å². The number of benzene rings is 1. The van der Waals surface area contributed by atoms with Gasteiger partial charge in [-0.25, -0.2) is 15.0 Å². The average molecular weight is 337 g/mol. The highest BCUT2D eigenvalue weighted by molar-refractivity contribution is 5.57. The Morgan fingerprint density at radius 1 is 0.960 bits per heavy atom. The summed E-state index contributed by atoms with van der Waals surface area (Å²) in [5.74, 6) is 2.42. The van der Waals surface area contributed by atoms with E-state index in [4.69, 9.17) is 14.2 Å². The molecule has 0 atom stereocenters. The quantitative estimate of drug-likeness (QED) is 0.657. The lowest BCUT2D eigenvalue weighted by Gasteiger charge is -2.12. The van der Waals surface area contributed by atoms with Crippen molar-refractivity contribution in [2.75, 3.05) is 13.7 Å². The van der Waals surface area contributed by atoms with Gasteiger partial charge in [-0.15, -0.1) is 0 Å². The number of pyridine rings is 1. The fraction of sp³-hybridized carbons (Fsp3) is 0.211. The lowest BCUT2D eigenvalue weighted by Crippen LogP contribution is -2.02. The van der Waals surface area contributed by atoms with Crippen LogP contribution in [0.1, 0.15) is 12.5 Å². The maximum Gasteiger partial charge on any atom is 0.257 e. The van der Waals surface area contributed by atoms with Gasteiger partial charge in [-0.1, -0.05) is 12.1 Å². The van der Waals surface area contributed by atoms with Crippen molar-refractivity contribution in [2.45, 2.75) is 13.5 Å². The normalized spacial score (nSPS) is 10.3. The predicted molar refractivity (Wildman–Crippen MR) is 93.8 cm³/mol. The number of aromatic nitrogens is 3. The van der Waals surface area contributed by atoms with Gasteiger partial charge in [0.1, 0.15) is 12.4 Å². The van der Waals surface area contributed by atoms with Gasteiger partial charge in [0.15, 0.2) is 11.6 Å². The molecule has 3 rings (SSSR count). The van der Waals surface area contributed by atoms with Gasteiger partial charge in [0.2, 0.25) is 0 Å². The zero-order chi connectivity index (χ0) is 17.5. The Bertz CT molecular complexity index is 808. The summed E-state index contributed by atoms with van der Waals surface area (Å²) in [5, 5.41) is 0. The third-order valence-electron chi connectivity index (χ3n) is 3.48. The van der Waals surface area contributed by atoms with E-state index in [1.165, 1.54) is 0 Å². The number of hydrogen-bond donors (Lipinski definition) is 0. The third-order valence-corrected chi connectivity index (χ3v) is 3.48. The summed E-state index contributed by atoms with van der Waals surface area (Å²) in [4.78, 5) is 12.8. The molecule has 0 bridgehead atoms. The van der Waals surface area contributed by atoms with Crippen LogP contribution in [0.3, 0.4) is 0 Å². The molecule has 0 aliphatic heterocycles. The van der Waals surface area contributed by atoms with E-state index in [2.05, 4.69) is 15.0 Å². The molecule has 3 aromatic rings. The van der Waals surface area contributed by atoms with E-state index in [0.29, 0.717) is 30.7 Å². The number of rotatable bonds is 7. The second kappa shape index (κ2) is 8.10. The summed E-state index contributed by atoms with van der Waals surface area (Å²) in [6, 6.07) is 11.3. The van der Waals surface area contributed by atoms with Gasteiger partial charge >= 0.3 is 0 Å². The van der Waals surface area contributed by atoms with Gasteiger partial charge in [-0.05, 0) is 36.8 Å². The first kappa shape index (κ1) is 16.7. The van der Waals surface area contributed by atoms with Crippen molar-refractivity contribution in [2.24, 2.45) is 0 Å². The molecule has 0 spiro atoms. The lowest BCUT2D eigenvalue weighted by atomic mass is 10.2. The summed E-state index contributed by atoms with van der Waals surface area (Å²) in [6.07, 6.45) is 5.06. The first-order valence-electron chi connectivity index (χ1n) is 7.96. The van der Waals surface area contributed by atoms with Crippen molar-refractivity contribution >= 4 is 0 Å². The van der Waals surface area contributed by atoms with Gasteiger partial charge in [0.25, 0.3) is 5.88 Å². The topological polar surface area (TPSA) is 66.4 Å². The number of nitrogens with zero attached hydrogens (tertiary/aromatic N) is 3. The molecule has 0 unspecified atom stereocenters. The molecule has 0 N–H and O–H groups in total. The van der Waals surface area contributed by atoms with Gasteiger partial charge in [-0.3, -0.25) is 0 Å². The maximum absolute atomic E-state index is 5.82. The fourth-order valence-electron chi connectivity index (χ4n) is 2.24. The Hall–Kier alpha value is -3.15. The Kier molecular flexibility index (Phi) is 5.41. The highest BCUT2D eigenvalue weighted by atomic mass is 16.5. The van der Waals surface area contributed by atoms with Crippen LogP contribution >= 0.6 is 0 Å². The molecule has 0 aliphatic carbocycles. The zero-order valence-corrected chi connectivity index (χ0v) is 14.2. The zero-order valence-electron chi connectivity index (χ0n) is 14.2. The second-order valence-corrected chi connectivity index (χ2v) is 5.17. The number of ether oxygens (including phenoxy) is 3. The second-order valence-electron chi connectivity index (χ2n) is 5.17. The third kappa shape index (κ3) is 4.23. The van der Waals surface area contributed by atoms with Crippen LogP contribution in [0.5, 0.6) is 17.4 Å². The number of methoxy groups -OCH3 is 1. The van der Waals surface area contributed by atoms with Gasteiger partial charge < -0.3 is 14.2 Å². The first-order valence-corrected chi connectivity index (χ1v) is 7.96. The van der Waals surface area contributed by atoms with Crippen molar-refractivity contribution in [3.05, 3.63) is 60.6 Å². The van der Waals surface area contributed by atoms with E-state index in [0.717, 1.165) is 16.9 Å². The van der Waals surface area contributed by atoms with Crippen LogP contribution in [0.15, 0.2) is 55.0 Å². The molecule has 0 saturated carbocycles. The predicted octanol–water partition coefficient (Wildman–Crippen LogP) is 3.52. The standard InChI is InChI=1S/C19H19N3O3/c1-3-24-17-11-15(18-20-9-4-10-21-18)12-22-19(17)25-13-14-5-7-16(23-2)8-6-14/h4-12H,3,13H2,1-2H3. The van der Waals surface area contributed by atoms with E-state index < -0.39 is 0 Å². The molecular formula is C19H19N3O3. The van der Waals surface area contributed by atoms with Crippen LogP contribution in [-0.4, -0.2) is 28.7 Å². The van der Waals surface area contributed by atoms with Crippen LogP contribution in [0.25, 0.3) is 11.4 Å². The number of hydrogen-bond acceptors (Lipinski definition) is 6. The van der Waals surface area contributed by atoms with Crippen LogP contribution in [-0.2, 0) is 6.61 Å². The first-order chi connectivity index (χ1) is 12.3. The highest BCUT2D eigenvalue weighted by Gasteiger charge is 2.11. The minimum atomic E-state index is 0.387. The molecule has 128 valence electrons. The van der Waals surface area contributed by atoms with Crippen LogP contribution in [0.2, 0.25) is 0 Å². The van der Waals surface area contributed by atoms with Gasteiger partial charge in [-0.2, -0.15) is 0 Å². The van der Waals surface area contributed by atoms with Crippen molar-refractivity contribution < 1.29 is 14.2 Å². The minimum absolute atomic E-state index is 0.387. The van der Waals surface area contributed by atoms with Crippen molar-refractivity contribution in [3.8, 4) is 28.8 Å². The van der Waals surface area contributed by atoms with Gasteiger partial charge in [0.05, 0.1) is 13.7 Å². The Morgan fingerprint density at radius 3 is 2.40 bits per heavy atom. The van der Waals surface area contributed by atoms with E-state index in [1.807, 2.05) is 37.3 Å². The Balaban J connectivity index is 1.77. The molecule has 2 aromatic heterocycles. The SMILES string of the molecule is CCOc1cc(-c2ncccn2)cnc1OCc1ccc(OC)cc1. The molecule has 2 heterocycles. The maximum atomic E-state index is 5.82. The molecule has 0 fully saturated rings. The molecule has 0 radical (unpaired) electrons. The van der Waals surface area contributed by atoms with Crippen LogP contribution in [0, 0.1) is 0 Å². The Morgan fingerprint density at radius 2 is 1.72 bits per heavy atom. The largest absolute Gasteiger partial charge is 0.497 e. The smallest absolute Gasteiger partial charge is 0.257 e. The molecule has 0 aliphatic rings. The summed E-state index contributed by atoms with van der Waals surface area (Å²) in [7, 11) is 1.64. The summed E-state index contributed by atoms with van der Waals surface area (Å²) >= 11 is 0. The van der Waals surface area contributed by atoms with Gasteiger partial charge in [0, 0.05) is 24.2 Å². The van der Waals surface area contributed by atoms with Crippen molar-refractivity contribution in [3.63, 3.8) is 0 Å². The Labute approximate surface area is 146 Å². The monoisotopic (exact) mass is 337 g/mol. The fourth-order valence-corrected chi connectivity index (χ4v) is 2.24.